The number of hydrogen-bond acceptors (Lipinski definition) is 4. The fourth-order valence-electron chi connectivity index (χ4n) is 3.61. The summed E-state index contributed by atoms with van der Waals surface area (Å²) in [5, 5.41) is 9.18. The topological polar surface area (TPSA) is 95.0 Å². The van der Waals surface area contributed by atoms with Crippen LogP contribution in [0.1, 0.15) is 33.6 Å². The van der Waals surface area contributed by atoms with Gasteiger partial charge in [-0.05, 0) is 24.7 Å². The van der Waals surface area contributed by atoms with Gasteiger partial charge in [0.15, 0.2) is 0 Å². The zero-order valence-corrected chi connectivity index (χ0v) is 14.8. The van der Waals surface area contributed by atoms with Gasteiger partial charge in [0.2, 0.25) is 15.9 Å². The second-order valence-electron chi connectivity index (χ2n) is 6.96. The number of amides is 1. The number of aliphatic carboxylic acids is 1. The van der Waals surface area contributed by atoms with Crippen molar-refractivity contribution in [2.45, 2.75) is 39.7 Å². The van der Waals surface area contributed by atoms with E-state index in [-0.39, 0.29) is 23.5 Å². The fourth-order valence-corrected chi connectivity index (χ4v) is 5.43. The molecule has 2 rings (SSSR count). The minimum Gasteiger partial charge on any atom is -0.481 e. The molecule has 2 aliphatic heterocycles. The molecule has 0 radical (unpaired) electrons. The van der Waals surface area contributed by atoms with E-state index in [4.69, 9.17) is 0 Å². The Morgan fingerprint density at radius 1 is 1.22 bits per heavy atom. The summed E-state index contributed by atoms with van der Waals surface area (Å²) in [7, 11) is -3.36. The van der Waals surface area contributed by atoms with Gasteiger partial charge in [-0.25, -0.2) is 8.42 Å². The Kier molecular flexibility index (Phi) is 5.35. The van der Waals surface area contributed by atoms with Gasteiger partial charge in [-0.2, -0.15) is 4.31 Å². The molecule has 3 atom stereocenters. The zero-order valence-electron chi connectivity index (χ0n) is 13.9. The van der Waals surface area contributed by atoms with Crippen molar-refractivity contribution in [3.63, 3.8) is 0 Å². The Morgan fingerprint density at radius 2 is 1.87 bits per heavy atom. The summed E-state index contributed by atoms with van der Waals surface area (Å²) in [4.78, 5) is 25.7. The summed E-state index contributed by atoms with van der Waals surface area (Å²) in [6.45, 7) is 6.66. The van der Waals surface area contributed by atoms with Gasteiger partial charge in [0.05, 0.1) is 11.7 Å². The number of rotatable bonds is 4. The van der Waals surface area contributed by atoms with Crippen molar-refractivity contribution in [1.82, 2.24) is 9.21 Å². The Bertz CT molecular complexity index is 574. The second-order valence-corrected chi connectivity index (χ2v) is 9.01. The van der Waals surface area contributed by atoms with Gasteiger partial charge in [0.1, 0.15) is 6.04 Å². The molecule has 2 fully saturated rings. The average molecular weight is 346 g/mol. The highest BCUT2D eigenvalue weighted by molar-refractivity contribution is 7.89. The predicted octanol–water partition coefficient (Wildman–Crippen LogP) is 0.616. The smallest absolute Gasteiger partial charge is 0.306 e. The number of piperidine rings is 1. The lowest BCUT2D eigenvalue weighted by Crippen LogP contribution is -2.55. The Balaban J connectivity index is 2.15. The van der Waals surface area contributed by atoms with E-state index in [2.05, 4.69) is 0 Å². The second kappa shape index (κ2) is 6.76. The quantitative estimate of drug-likeness (QED) is 0.805. The Morgan fingerprint density at radius 3 is 2.30 bits per heavy atom. The molecule has 0 bridgehead atoms. The first-order valence-electron chi connectivity index (χ1n) is 8.16. The highest BCUT2D eigenvalue weighted by Gasteiger charge is 2.43. The van der Waals surface area contributed by atoms with Crippen LogP contribution in [0.4, 0.5) is 0 Å². The Labute approximate surface area is 137 Å². The van der Waals surface area contributed by atoms with Crippen LogP contribution in [0.2, 0.25) is 0 Å². The van der Waals surface area contributed by atoms with Crippen LogP contribution in [0, 0.1) is 17.8 Å². The Hall–Kier alpha value is -1.15. The largest absolute Gasteiger partial charge is 0.481 e. The number of likely N-dealkylation sites (tertiary alicyclic amines) is 1. The monoisotopic (exact) mass is 346 g/mol. The molecule has 0 aromatic carbocycles. The molecule has 23 heavy (non-hydrogen) atoms. The average Bonchev–Trinajstić information content (AvgIpc) is 2.77. The first-order chi connectivity index (χ1) is 10.6. The van der Waals surface area contributed by atoms with Crippen LogP contribution < -0.4 is 0 Å². The maximum Gasteiger partial charge on any atom is 0.306 e. The maximum atomic E-state index is 12.9. The number of carboxylic acids is 1. The predicted molar refractivity (Wildman–Crippen MR) is 85.2 cm³/mol. The van der Waals surface area contributed by atoms with E-state index >= 15 is 0 Å². The molecule has 2 aliphatic rings. The molecule has 2 heterocycles. The summed E-state index contributed by atoms with van der Waals surface area (Å²) in [5.41, 5.74) is 0. The van der Waals surface area contributed by atoms with E-state index in [0.717, 1.165) is 0 Å². The molecule has 132 valence electrons. The van der Waals surface area contributed by atoms with Crippen molar-refractivity contribution in [2.24, 2.45) is 17.8 Å². The van der Waals surface area contributed by atoms with Gasteiger partial charge in [-0.1, -0.05) is 20.8 Å². The van der Waals surface area contributed by atoms with Crippen LogP contribution in [0.5, 0.6) is 0 Å². The molecule has 0 saturated carbocycles. The molecular weight excluding hydrogens is 320 g/mol. The van der Waals surface area contributed by atoms with Gasteiger partial charge in [-0.15, -0.1) is 0 Å². The van der Waals surface area contributed by atoms with E-state index in [1.165, 1.54) is 4.31 Å². The van der Waals surface area contributed by atoms with E-state index in [1.807, 2.05) is 20.8 Å². The van der Waals surface area contributed by atoms with Crippen LogP contribution in [0.25, 0.3) is 0 Å². The van der Waals surface area contributed by atoms with E-state index in [9.17, 15) is 23.1 Å². The molecule has 8 heteroatoms. The zero-order chi connectivity index (χ0) is 17.4. The van der Waals surface area contributed by atoms with Crippen molar-refractivity contribution in [2.75, 3.05) is 25.4 Å². The molecular formula is C15H26N2O5S. The van der Waals surface area contributed by atoms with Gasteiger partial charge >= 0.3 is 5.97 Å². The number of sulfonamides is 1. The molecule has 3 unspecified atom stereocenters. The standard InChI is InChI=1S/C15H26N2O5S/c1-10(2)13(17-6-4-8-23(17,21)22)14(18)16-7-5-12(15(19)20)11(3)9-16/h10-13H,4-9H2,1-3H3,(H,19,20). The summed E-state index contributed by atoms with van der Waals surface area (Å²) < 4.78 is 25.7. The van der Waals surface area contributed by atoms with Gasteiger partial charge < -0.3 is 10.0 Å². The third-order valence-corrected chi connectivity index (χ3v) is 6.80. The first-order valence-corrected chi connectivity index (χ1v) is 9.77. The minimum absolute atomic E-state index is 0.0982. The van der Waals surface area contributed by atoms with Crippen molar-refractivity contribution >= 4 is 21.9 Å². The van der Waals surface area contributed by atoms with Crippen molar-refractivity contribution in [3.05, 3.63) is 0 Å². The number of nitrogens with zero attached hydrogens (tertiary/aromatic N) is 2. The van der Waals surface area contributed by atoms with E-state index in [0.29, 0.717) is 32.5 Å². The summed E-state index contributed by atoms with van der Waals surface area (Å²) >= 11 is 0. The van der Waals surface area contributed by atoms with Crippen molar-refractivity contribution in [3.8, 4) is 0 Å². The van der Waals surface area contributed by atoms with E-state index < -0.39 is 28.0 Å². The third kappa shape index (κ3) is 3.68. The highest BCUT2D eigenvalue weighted by Crippen LogP contribution is 2.28. The lowest BCUT2D eigenvalue weighted by atomic mass is 9.86. The van der Waals surface area contributed by atoms with Gasteiger partial charge in [-0.3, -0.25) is 9.59 Å². The van der Waals surface area contributed by atoms with Crippen LogP contribution in [0.3, 0.4) is 0 Å². The molecule has 0 aromatic rings. The van der Waals surface area contributed by atoms with E-state index in [1.54, 1.807) is 4.90 Å². The lowest BCUT2D eigenvalue weighted by Gasteiger charge is -2.39. The van der Waals surface area contributed by atoms with Crippen LogP contribution in [-0.4, -0.2) is 66.0 Å². The van der Waals surface area contributed by atoms with Crippen LogP contribution in [0.15, 0.2) is 0 Å². The third-order valence-electron chi connectivity index (χ3n) is 4.87. The molecule has 1 amide bonds. The number of carbonyl (C=O) groups is 2. The number of carboxylic acid groups (broad SMARTS) is 1. The first kappa shape index (κ1) is 18.2. The number of carbonyl (C=O) groups excluding carboxylic acids is 1. The molecule has 2 saturated heterocycles. The van der Waals surface area contributed by atoms with Crippen LogP contribution in [-0.2, 0) is 19.6 Å². The van der Waals surface area contributed by atoms with Gasteiger partial charge in [0, 0.05) is 19.6 Å². The number of hydrogen-bond donors (Lipinski definition) is 1. The normalized spacial score (nSPS) is 29.7. The summed E-state index contributed by atoms with van der Waals surface area (Å²) in [6.07, 6.45) is 0.968. The molecule has 7 nitrogen and oxygen atoms in total. The minimum atomic E-state index is -3.36. The fraction of sp³-hybridized carbons (Fsp3) is 0.867. The molecule has 1 N–H and O–H groups in total. The molecule has 0 aliphatic carbocycles. The highest BCUT2D eigenvalue weighted by atomic mass is 32.2. The summed E-state index contributed by atoms with van der Waals surface area (Å²) in [6, 6.07) is -0.684. The molecule has 0 spiro atoms. The van der Waals surface area contributed by atoms with Crippen molar-refractivity contribution < 1.29 is 23.1 Å². The lowest BCUT2D eigenvalue weighted by molar-refractivity contribution is -0.149. The van der Waals surface area contributed by atoms with Crippen LogP contribution >= 0.6 is 0 Å². The summed E-state index contributed by atoms with van der Waals surface area (Å²) in [5.74, 6) is -1.61. The SMILES string of the molecule is CC(C)C(C(=O)N1CCC(C(=O)O)C(C)C1)N1CCCS1(=O)=O. The van der Waals surface area contributed by atoms with Gasteiger partial charge in [0.25, 0.3) is 0 Å². The molecule has 0 aromatic heterocycles. The van der Waals surface area contributed by atoms with Crippen molar-refractivity contribution in [1.29, 1.82) is 0 Å². The maximum absolute atomic E-state index is 12.9.